The first-order chi connectivity index (χ1) is 17.9. The Morgan fingerprint density at radius 2 is 1.71 bits per heavy atom. The van der Waals surface area contributed by atoms with Crippen molar-refractivity contribution in [3.63, 3.8) is 0 Å². The lowest BCUT2D eigenvalue weighted by Gasteiger charge is -2.16. The molecular weight excluding hydrogens is 533 g/mol. The van der Waals surface area contributed by atoms with E-state index in [9.17, 15) is 22.8 Å². The maximum Gasteiger partial charge on any atom is 0.416 e. The second-order valence-corrected chi connectivity index (χ2v) is 10.4. The Labute approximate surface area is 227 Å². The van der Waals surface area contributed by atoms with Gasteiger partial charge >= 0.3 is 6.18 Å². The molecule has 0 radical (unpaired) electrons. The van der Waals surface area contributed by atoms with Gasteiger partial charge in [0.15, 0.2) is 10.9 Å². The molecule has 1 aliphatic rings. The number of ether oxygens (including phenoxy) is 1. The van der Waals surface area contributed by atoms with E-state index >= 15 is 0 Å². The first kappa shape index (κ1) is 27.4. The fourth-order valence-electron chi connectivity index (χ4n) is 4.02. The minimum atomic E-state index is -4.53. The third-order valence-electron chi connectivity index (χ3n) is 5.71. The molecule has 0 unspecified atom stereocenters. The molecule has 38 heavy (non-hydrogen) atoms. The van der Waals surface area contributed by atoms with Crippen molar-refractivity contribution in [1.82, 2.24) is 0 Å². The number of thioether (sulfide) groups is 1. The lowest BCUT2D eigenvalue weighted by Crippen LogP contribution is -2.27. The second kappa shape index (κ2) is 11.0. The number of hydrogen-bond acceptors (Lipinski definition) is 5. The van der Waals surface area contributed by atoms with Crippen LogP contribution in [0.1, 0.15) is 27.8 Å². The normalized spacial score (nSPS) is 14.8. The molecule has 3 aromatic rings. The van der Waals surface area contributed by atoms with Crippen LogP contribution in [0, 0.1) is 20.8 Å². The number of alkyl halides is 3. The number of carbonyl (C=O) groups is 2. The number of nitrogens with zero attached hydrogens (tertiary/aromatic N) is 1. The van der Waals surface area contributed by atoms with E-state index in [1.54, 1.807) is 30.3 Å². The molecule has 0 aliphatic carbocycles. The van der Waals surface area contributed by atoms with Crippen LogP contribution in [0.3, 0.4) is 0 Å². The topological polar surface area (TPSA) is 58.6 Å². The fourth-order valence-corrected chi connectivity index (χ4v) is 5.32. The summed E-state index contributed by atoms with van der Waals surface area (Å²) in [6.07, 6.45) is -2.93. The van der Waals surface area contributed by atoms with Gasteiger partial charge in [0.25, 0.3) is 11.8 Å². The Kier molecular flexibility index (Phi) is 7.94. The molecule has 4 rings (SSSR count). The van der Waals surface area contributed by atoms with Gasteiger partial charge in [-0.25, -0.2) is 0 Å². The highest BCUT2D eigenvalue weighted by Crippen LogP contribution is 2.38. The van der Waals surface area contributed by atoms with Crippen molar-refractivity contribution in [3.05, 3.63) is 93.4 Å². The summed E-state index contributed by atoms with van der Waals surface area (Å²) in [6, 6.07) is 15.2. The van der Waals surface area contributed by atoms with E-state index in [-0.39, 0.29) is 27.4 Å². The maximum absolute atomic E-state index is 13.1. The average Bonchev–Trinajstić information content (AvgIpc) is 3.13. The van der Waals surface area contributed by atoms with Crippen LogP contribution >= 0.6 is 24.0 Å². The van der Waals surface area contributed by atoms with Crippen LogP contribution in [0.2, 0.25) is 0 Å². The van der Waals surface area contributed by atoms with Crippen molar-refractivity contribution in [1.29, 1.82) is 0 Å². The first-order valence-corrected chi connectivity index (χ1v) is 12.7. The van der Waals surface area contributed by atoms with Gasteiger partial charge in [-0.1, -0.05) is 59.9 Å². The summed E-state index contributed by atoms with van der Waals surface area (Å²) in [7, 11) is 0. The second-order valence-electron chi connectivity index (χ2n) is 8.74. The predicted octanol–water partition coefficient (Wildman–Crippen LogP) is 7.05. The number of carbonyl (C=O) groups excluding carboxylic acids is 2. The van der Waals surface area contributed by atoms with Gasteiger partial charge in [0.05, 0.1) is 16.2 Å². The zero-order chi connectivity index (χ0) is 27.6. The molecule has 0 saturated carbocycles. The summed E-state index contributed by atoms with van der Waals surface area (Å²) >= 11 is 6.28. The van der Waals surface area contributed by atoms with E-state index in [1.165, 1.54) is 12.1 Å². The van der Waals surface area contributed by atoms with Crippen molar-refractivity contribution in [2.75, 3.05) is 16.8 Å². The minimum absolute atomic E-state index is 0.0591. The summed E-state index contributed by atoms with van der Waals surface area (Å²) in [5.41, 5.74) is 3.69. The van der Waals surface area contributed by atoms with Crippen LogP contribution < -0.4 is 15.0 Å². The largest absolute Gasteiger partial charge is 0.484 e. The summed E-state index contributed by atoms with van der Waals surface area (Å²) in [6.45, 7) is 5.68. The molecule has 1 saturated heterocycles. The number of thiocarbonyl (C=S) groups is 1. The zero-order valence-electron chi connectivity index (χ0n) is 20.7. The van der Waals surface area contributed by atoms with Crippen LogP contribution in [0.25, 0.3) is 6.08 Å². The molecule has 10 heteroatoms. The molecule has 1 aliphatic heterocycles. The van der Waals surface area contributed by atoms with Gasteiger partial charge in [-0.15, -0.1) is 0 Å². The predicted molar refractivity (Wildman–Crippen MR) is 148 cm³/mol. The van der Waals surface area contributed by atoms with Crippen LogP contribution in [-0.4, -0.2) is 22.7 Å². The van der Waals surface area contributed by atoms with Crippen LogP contribution in [-0.2, 0) is 15.8 Å². The standard InChI is InChI=1S/C28H23F3N2O3S2/c1-16-11-17(2)25(18(3)12-16)32-24(34)15-36-22-9-7-19(8-10-22)13-23-26(35)33(27(37)38-23)21-6-4-5-20(14-21)28(29,30)31/h4-14H,15H2,1-3H3,(H,32,34)/b23-13-. The SMILES string of the molecule is Cc1cc(C)c(NC(=O)COc2ccc(/C=C3\SC(=S)N(c4cccc(C(F)(F)F)c4)C3=O)cc2)c(C)c1. The molecule has 5 nitrogen and oxygen atoms in total. The number of hydrogen-bond donors (Lipinski definition) is 1. The Bertz CT molecular complexity index is 1430. The third kappa shape index (κ3) is 6.25. The number of nitrogens with one attached hydrogen (secondary N) is 1. The van der Waals surface area contributed by atoms with Crippen molar-refractivity contribution in [2.24, 2.45) is 0 Å². The summed E-state index contributed by atoms with van der Waals surface area (Å²) in [5, 5.41) is 2.88. The molecule has 0 aromatic heterocycles. The Balaban J connectivity index is 1.40. The monoisotopic (exact) mass is 556 g/mol. The average molecular weight is 557 g/mol. The molecule has 0 atom stereocenters. The fraction of sp³-hybridized carbons (Fsp3) is 0.179. The van der Waals surface area contributed by atoms with Crippen LogP contribution in [0.5, 0.6) is 5.75 Å². The number of benzene rings is 3. The highest BCUT2D eigenvalue weighted by Gasteiger charge is 2.36. The van der Waals surface area contributed by atoms with Gasteiger partial charge < -0.3 is 10.1 Å². The first-order valence-electron chi connectivity index (χ1n) is 11.5. The number of amides is 2. The van der Waals surface area contributed by atoms with Crippen LogP contribution in [0.4, 0.5) is 24.5 Å². The summed E-state index contributed by atoms with van der Waals surface area (Å²) in [4.78, 5) is 26.7. The lowest BCUT2D eigenvalue weighted by molar-refractivity contribution is -0.137. The smallest absolute Gasteiger partial charge is 0.416 e. The molecule has 3 aromatic carbocycles. The third-order valence-corrected chi connectivity index (χ3v) is 7.02. The maximum atomic E-state index is 13.1. The van der Waals surface area contributed by atoms with Gasteiger partial charge in [-0.3, -0.25) is 14.5 Å². The Hall–Kier alpha value is -3.63. The molecule has 0 spiro atoms. The quantitative estimate of drug-likeness (QED) is 0.260. The number of halogens is 3. The Morgan fingerprint density at radius 3 is 2.34 bits per heavy atom. The lowest BCUT2D eigenvalue weighted by atomic mass is 10.1. The van der Waals surface area contributed by atoms with Crippen molar-refractivity contribution in [3.8, 4) is 5.75 Å². The molecule has 196 valence electrons. The van der Waals surface area contributed by atoms with Gasteiger partial charge in [-0.05, 0) is 73.9 Å². The van der Waals surface area contributed by atoms with Gasteiger partial charge in [-0.2, -0.15) is 13.2 Å². The molecule has 1 fully saturated rings. The van der Waals surface area contributed by atoms with Gasteiger partial charge in [0, 0.05) is 5.69 Å². The molecule has 0 bridgehead atoms. The van der Waals surface area contributed by atoms with E-state index in [1.807, 2.05) is 32.9 Å². The summed E-state index contributed by atoms with van der Waals surface area (Å²) in [5.74, 6) is -0.327. The highest BCUT2D eigenvalue weighted by molar-refractivity contribution is 8.27. The molecular formula is C28H23F3N2O3S2. The van der Waals surface area contributed by atoms with Crippen LogP contribution in [0.15, 0.2) is 65.6 Å². The van der Waals surface area contributed by atoms with E-state index in [2.05, 4.69) is 5.32 Å². The van der Waals surface area contributed by atoms with Crippen molar-refractivity contribution in [2.45, 2.75) is 26.9 Å². The summed E-state index contributed by atoms with van der Waals surface area (Å²) < 4.78 is 45.0. The number of anilines is 2. The van der Waals surface area contributed by atoms with Crippen molar-refractivity contribution < 1.29 is 27.5 Å². The number of rotatable bonds is 6. The molecule has 1 N–H and O–H groups in total. The van der Waals surface area contributed by atoms with E-state index in [4.69, 9.17) is 17.0 Å². The Morgan fingerprint density at radius 1 is 1.05 bits per heavy atom. The van der Waals surface area contributed by atoms with Gasteiger partial charge in [0.2, 0.25) is 0 Å². The van der Waals surface area contributed by atoms with E-state index < -0.39 is 17.6 Å². The minimum Gasteiger partial charge on any atom is -0.484 e. The van der Waals surface area contributed by atoms with Crippen molar-refractivity contribution >= 4 is 57.6 Å². The zero-order valence-corrected chi connectivity index (χ0v) is 22.3. The molecule has 2 amide bonds. The number of aryl methyl sites for hydroxylation is 3. The van der Waals surface area contributed by atoms with Gasteiger partial charge in [0.1, 0.15) is 5.75 Å². The molecule has 1 heterocycles. The van der Waals surface area contributed by atoms with E-state index in [0.29, 0.717) is 11.3 Å². The van der Waals surface area contributed by atoms with E-state index in [0.717, 1.165) is 51.2 Å². The highest BCUT2D eigenvalue weighted by atomic mass is 32.2.